The Bertz CT molecular complexity index is 389. The maximum absolute atomic E-state index is 13.3. The van der Waals surface area contributed by atoms with Crippen molar-refractivity contribution in [2.45, 2.75) is 31.2 Å². The van der Waals surface area contributed by atoms with Gasteiger partial charge >= 0.3 is 0 Å². The molecule has 2 rings (SSSR count). The van der Waals surface area contributed by atoms with Crippen LogP contribution in [0.4, 0.5) is 10.1 Å². The lowest BCUT2D eigenvalue weighted by molar-refractivity contribution is 0.386. The highest BCUT2D eigenvalue weighted by Gasteiger charge is 2.32. The SMILES string of the molecule is COc1cc(NC2(CN)CCCC2)ccc1F. The molecule has 3 nitrogen and oxygen atoms in total. The van der Waals surface area contributed by atoms with E-state index in [1.54, 1.807) is 12.1 Å². The zero-order valence-electron chi connectivity index (χ0n) is 10.1. The number of rotatable bonds is 4. The summed E-state index contributed by atoms with van der Waals surface area (Å²) in [5, 5.41) is 3.43. The van der Waals surface area contributed by atoms with Crippen molar-refractivity contribution in [3.8, 4) is 5.75 Å². The molecule has 0 saturated heterocycles. The van der Waals surface area contributed by atoms with Crippen molar-refractivity contribution in [2.75, 3.05) is 19.0 Å². The van der Waals surface area contributed by atoms with E-state index < -0.39 is 0 Å². The molecule has 0 amide bonds. The van der Waals surface area contributed by atoms with Crippen LogP contribution < -0.4 is 15.8 Å². The van der Waals surface area contributed by atoms with Crippen molar-refractivity contribution in [1.82, 2.24) is 0 Å². The van der Waals surface area contributed by atoms with Crippen LogP contribution in [-0.4, -0.2) is 19.2 Å². The van der Waals surface area contributed by atoms with Crippen molar-refractivity contribution >= 4 is 5.69 Å². The molecule has 0 radical (unpaired) electrons. The van der Waals surface area contributed by atoms with Gasteiger partial charge < -0.3 is 15.8 Å². The van der Waals surface area contributed by atoms with Gasteiger partial charge in [0.2, 0.25) is 0 Å². The van der Waals surface area contributed by atoms with E-state index in [9.17, 15) is 4.39 Å². The van der Waals surface area contributed by atoms with E-state index in [-0.39, 0.29) is 17.1 Å². The summed E-state index contributed by atoms with van der Waals surface area (Å²) >= 11 is 0. The van der Waals surface area contributed by atoms with E-state index in [4.69, 9.17) is 10.5 Å². The van der Waals surface area contributed by atoms with Crippen LogP contribution in [0.25, 0.3) is 0 Å². The fraction of sp³-hybridized carbons (Fsp3) is 0.538. The Kier molecular flexibility index (Phi) is 3.52. The monoisotopic (exact) mass is 238 g/mol. The second-order valence-electron chi connectivity index (χ2n) is 4.67. The number of anilines is 1. The first-order valence-corrected chi connectivity index (χ1v) is 6.01. The van der Waals surface area contributed by atoms with Crippen LogP contribution in [0.15, 0.2) is 18.2 Å². The Balaban J connectivity index is 2.17. The first-order chi connectivity index (χ1) is 8.19. The summed E-state index contributed by atoms with van der Waals surface area (Å²) in [4.78, 5) is 0. The van der Waals surface area contributed by atoms with E-state index >= 15 is 0 Å². The van der Waals surface area contributed by atoms with Gasteiger partial charge in [-0.3, -0.25) is 0 Å². The van der Waals surface area contributed by atoms with Crippen LogP contribution >= 0.6 is 0 Å². The molecule has 0 unspecified atom stereocenters. The number of hydrogen-bond donors (Lipinski definition) is 2. The highest BCUT2D eigenvalue weighted by molar-refractivity contribution is 5.51. The van der Waals surface area contributed by atoms with Crippen LogP contribution in [0.3, 0.4) is 0 Å². The van der Waals surface area contributed by atoms with Crippen molar-refractivity contribution in [1.29, 1.82) is 0 Å². The Morgan fingerprint density at radius 3 is 2.71 bits per heavy atom. The topological polar surface area (TPSA) is 47.3 Å². The third-order valence-electron chi connectivity index (χ3n) is 3.51. The van der Waals surface area contributed by atoms with Crippen molar-refractivity contribution < 1.29 is 9.13 Å². The number of ether oxygens (including phenoxy) is 1. The Morgan fingerprint density at radius 2 is 2.12 bits per heavy atom. The Hall–Kier alpha value is -1.29. The molecule has 4 heteroatoms. The number of nitrogens with two attached hydrogens (primary N) is 1. The molecule has 3 N–H and O–H groups in total. The number of benzene rings is 1. The van der Waals surface area contributed by atoms with Gasteiger partial charge in [0.1, 0.15) is 0 Å². The molecular weight excluding hydrogens is 219 g/mol. The average molecular weight is 238 g/mol. The molecule has 0 atom stereocenters. The summed E-state index contributed by atoms with van der Waals surface area (Å²) in [7, 11) is 1.47. The fourth-order valence-electron chi connectivity index (χ4n) is 2.48. The van der Waals surface area contributed by atoms with Gasteiger partial charge in [-0.15, -0.1) is 0 Å². The Labute approximate surface area is 101 Å². The average Bonchev–Trinajstić information content (AvgIpc) is 2.81. The maximum atomic E-state index is 13.3. The van der Waals surface area contributed by atoms with Crippen LogP contribution in [0.1, 0.15) is 25.7 Å². The van der Waals surface area contributed by atoms with Crippen molar-refractivity contribution in [3.05, 3.63) is 24.0 Å². The quantitative estimate of drug-likeness (QED) is 0.847. The van der Waals surface area contributed by atoms with Gasteiger partial charge in [0.25, 0.3) is 0 Å². The van der Waals surface area contributed by atoms with Crippen molar-refractivity contribution in [2.24, 2.45) is 5.73 Å². The molecule has 0 heterocycles. The van der Waals surface area contributed by atoms with E-state index in [0.29, 0.717) is 6.54 Å². The second kappa shape index (κ2) is 4.92. The van der Waals surface area contributed by atoms with Gasteiger partial charge in [0.15, 0.2) is 11.6 Å². The second-order valence-corrected chi connectivity index (χ2v) is 4.67. The van der Waals surface area contributed by atoms with Crippen LogP contribution in [-0.2, 0) is 0 Å². The molecule has 1 aromatic carbocycles. The predicted molar refractivity (Wildman–Crippen MR) is 66.8 cm³/mol. The molecule has 0 aliphatic heterocycles. The molecule has 94 valence electrons. The smallest absolute Gasteiger partial charge is 0.165 e. The maximum Gasteiger partial charge on any atom is 0.165 e. The van der Waals surface area contributed by atoms with E-state index in [1.807, 2.05) is 0 Å². The minimum absolute atomic E-state index is 0.0250. The molecule has 1 fully saturated rings. The van der Waals surface area contributed by atoms with Gasteiger partial charge in [-0.05, 0) is 25.0 Å². The summed E-state index contributed by atoms with van der Waals surface area (Å²) in [5.74, 6) is -0.0774. The molecule has 1 aromatic rings. The summed E-state index contributed by atoms with van der Waals surface area (Å²) in [6, 6.07) is 4.83. The number of nitrogens with one attached hydrogen (secondary N) is 1. The third-order valence-corrected chi connectivity index (χ3v) is 3.51. The van der Waals surface area contributed by atoms with Crippen LogP contribution in [0, 0.1) is 5.82 Å². The standard InChI is InChI=1S/C13H19FN2O/c1-17-12-8-10(4-5-11(12)14)16-13(9-15)6-2-3-7-13/h4-5,8,16H,2-3,6-7,9,15H2,1H3. The molecule has 0 aromatic heterocycles. The zero-order valence-corrected chi connectivity index (χ0v) is 10.1. The first kappa shape index (κ1) is 12.2. The summed E-state index contributed by atoms with van der Waals surface area (Å²) in [5.41, 5.74) is 6.70. The van der Waals surface area contributed by atoms with E-state index in [0.717, 1.165) is 18.5 Å². The van der Waals surface area contributed by atoms with E-state index in [2.05, 4.69) is 5.32 Å². The van der Waals surface area contributed by atoms with Gasteiger partial charge in [0, 0.05) is 23.8 Å². The van der Waals surface area contributed by atoms with E-state index in [1.165, 1.54) is 26.0 Å². The molecule has 1 aliphatic rings. The molecule has 1 saturated carbocycles. The number of methoxy groups -OCH3 is 1. The molecule has 17 heavy (non-hydrogen) atoms. The summed E-state index contributed by atoms with van der Waals surface area (Å²) in [6.07, 6.45) is 4.54. The van der Waals surface area contributed by atoms with Gasteiger partial charge in [-0.2, -0.15) is 0 Å². The molecule has 0 spiro atoms. The third kappa shape index (κ3) is 2.52. The highest BCUT2D eigenvalue weighted by atomic mass is 19.1. The highest BCUT2D eigenvalue weighted by Crippen LogP contribution is 2.33. The minimum atomic E-state index is -0.341. The zero-order chi connectivity index (χ0) is 12.3. The summed E-state index contributed by atoms with van der Waals surface area (Å²) in [6.45, 7) is 0.604. The molecular formula is C13H19FN2O. The molecule has 1 aliphatic carbocycles. The lowest BCUT2D eigenvalue weighted by atomic mass is 9.97. The van der Waals surface area contributed by atoms with Crippen LogP contribution in [0.5, 0.6) is 5.75 Å². The fourth-order valence-corrected chi connectivity index (χ4v) is 2.48. The van der Waals surface area contributed by atoms with Crippen molar-refractivity contribution in [3.63, 3.8) is 0 Å². The minimum Gasteiger partial charge on any atom is -0.494 e. The van der Waals surface area contributed by atoms with Crippen LogP contribution in [0.2, 0.25) is 0 Å². The first-order valence-electron chi connectivity index (χ1n) is 6.01. The van der Waals surface area contributed by atoms with Gasteiger partial charge in [-0.1, -0.05) is 12.8 Å². The lowest BCUT2D eigenvalue weighted by Crippen LogP contribution is -2.42. The number of halogens is 1. The lowest BCUT2D eigenvalue weighted by Gasteiger charge is -2.30. The Morgan fingerprint density at radius 1 is 1.41 bits per heavy atom. The number of hydrogen-bond acceptors (Lipinski definition) is 3. The largest absolute Gasteiger partial charge is 0.494 e. The summed E-state index contributed by atoms with van der Waals surface area (Å²) < 4.78 is 18.3. The van der Waals surface area contributed by atoms with Gasteiger partial charge in [-0.25, -0.2) is 4.39 Å². The molecule has 0 bridgehead atoms. The predicted octanol–water partition coefficient (Wildman–Crippen LogP) is 2.52. The normalized spacial score (nSPS) is 18.1. The van der Waals surface area contributed by atoms with Gasteiger partial charge in [0.05, 0.1) is 7.11 Å².